The minimum Gasteiger partial charge on any atom is -0.490 e. The lowest BCUT2D eigenvalue weighted by atomic mass is 9.99. The molecule has 0 spiro atoms. The zero-order valence-corrected chi connectivity index (χ0v) is 21.7. The Balaban J connectivity index is 1.41. The third-order valence-corrected chi connectivity index (χ3v) is 7.59. The first kappa shape index (κ1) is 26.1. The molecule has 0 bridgehead atoms. The van der Waals surface area contributed by atoms with E-state index in [2.05, 4.69) is 6.92 Å². The highest BCUT2D eigenvalue weighted by molar-refractivity contribution is 8.18. The Bertz CT molecular complexity index is 1040. The molecule has 0 radical (unpaired) electrons. The number of piperidine rings is 1. The van der Waals surface area contributed by atoms with Gasteiger partial charge in [0.25, 0.3) is 17.1 Å². The predicted octanol–water partition coefficient (Wildman–Crippen LogP) is 3.38. The standard InChI is InChI=1S/C26H33N3O6S/c1-3-34-21-14-19(6-7-20(21)35-17-24(31)27-10-4-5-11-27)15-22-25(32)29(26(33)36-22)16-23(30)28-12-8-18(2)9-13-28/h6-7,14-15,18H,3-5,8-13,16-17H2,1-2H3/b22-15-. The van der Waals surface area contributed by atoms with Crippen LogP contribution in [0.2, 0.25) is 0 Å². The number of ether oxygens (including phenoxy) is 2. The summed E-state index contributed by atoms with van der Waals surface area (Å²) in [5.74, 6) is 0.747. The number of amides is 4. The van der Waals surface area contributed by atoms with Gasteiger partial charge in [0.05, 0.1) is 11.5 Å². The molecule has 3 aliphatic heterocycles. The number of thioether (sulfide) groups is 1. The lowest BCUT2D eigenvalue weighted by Crippen LogP contribution is -2.45. The van der Waals surface area contributed by atoms with Gasteiger partial charge in [-0.3, -0.25) is 24.1 Å². The summed E-state index contributed by atoms with van der Waals surface area (Å²) in [7, 11) is 0. The first-order valence-electron chi connectivity index (χ1n) is 12.6. The van der Waals surface area contributed by atoms with Crippen molar-refractivity contribution in [3.05, 3.63) is 28.7 Å². The topological polar surface area (TPSA) is 96.5 Å². The van der Waals surface area contributed by atoms with Crippen LogP contribution in [0.4, 0.5) is 4.79 Å². The van der Waals surface area contributed by atoms with Crippen molar-refractivity contribution in [2.45, 2.75) is 39.5 Å². The van der Waals surface area contributed by atoms with Crippen molar-refractivity contribution in [2.24, 2.45) is 5.92 Å². The van der Waals surface area contributed by atoms with E-state index in [1.807, 2.05) is 6.92 Å². The number of imide groups is 1. The second-order valence-electron chi connectivity index (χ2n) is 9.35. The summed E-state index contributed by atoms with van der Waals surface area (Å²) in [6.07, 6.45) is 5.51. The quantitative estimate of drug-likeness (QED) is 0.490. The van der Waals surface area contributed by atoms with E-state index in [0.717, 1.165) is 55.4 Å². The zero-order chi connectivity index (χ0) is 25.7. The Morgan fingerprint density at radius 1 is 1.00 bits per heavy atom. The highest BCUT2D eigenvalue weighted by atomic mass is 32.2. The molecule has 3 heterocycles. The number of benzene rings is 1. The van der Waals surface area contributed by atoms with E-state index in [-0.39, 0.29) is 29.9 Å². The molecule has 0 saturated carbocycles. The normalized spacial score (nSPS) is 19.9. The Hall–Kier alpha value is -3.01. The van der Waals surface area contributed by atoms with E-state index >= 15 is 0 Å². The molecule has 10 heteroatoms. The zero-order valence-electron chi connectivity index (χ0n) is 20.9. The van der Waals surface area contributed by atoms with Crippen molar-refractivity contribution in [2.75, 3.05) is 45.9 Å². The van der Waals surface area contributed by atoms with Gasteiger partial charge in [-0.05, 0) is 74.1 Å². The Morgan fingerprint density at radius 3 is 2.39 bits per heavy atom. The second-order valence-corrected chi connectivity index (χ2v) is 10.3. The van der Waals surface area contributed by atoms with Crippen molar-refractivity contribution >= 4 is 40.8 Å². The monoisotopic (exact) mass is 515 g/mol. The minimum atomic E-state index is -0.474. The van der Waals surface area contributed by atoms with Crippen molar-refractivity contribution in [1.29, 1.82) is 0 Å². The predicted molar refractivity (Wildman–Crippen MR) is 137 cm³/mol. The SMILES string of the molecule is CCOc1cc(/C=C2\SC(=O)N(CC(=O)N3CCC(C)CC3)C2=O)ccc1OCC(=O)N1CCCC1. The number of hydrogen-bond donors (Lipinski definition) is 0. The molecule has 1 aromatic rings. The second kappa shape index (κ2) is 11.8. The summed E-state index contributed by atoms with van der Waals surface area (Å²) in [6.45, 7) is 6.93. The van der Waals surface area contributed by atoms with Crippen LogP contribution in [0.25, 0.3) is 6.08 Å². The van der Waals surface area contributed by atoms with Crippen molar-refractivity contribution in [1.82, 2.24) is 14.7 Å². The molecule has 0 aliphatic carbocycles. The molecule has 3 fully saturated rings. The van der Waals surface area contributed by atoms with Gasteiger partial charge in [-0.15, -0.1) is 0 Å². The lowest BCUT2D eigenvalue weighted by molar-refractivity contribution is -0.136. The molecule has 3 saturated heterocycles. The van der Waals surface area contributed by atoms with Crippen molar-refractivity contribution in [3.8, 4) is 11.5 Å². The molecule has 4 rings (SSSR count). The number of nitrogens with zero attached hydrogens (tertiary/aromatic N) is 3. The fourth-order valence-electron chi connectivity index (χ4n) is 4.48. The Kier molecular flexibility index (Phi) is 8.56. The van der Waals surface area contributed by atoms with Crippen LogP contribution in [-0.4, -0.2) is 83.6 Å². The van der Waals surface area contributed by atoms with Gasteiger partial charge < -0.3 is 19.3 Å². The summed E-state index contributed by atoms with van der Waals surface area (Å²) in [5, 5.41) is -0.449. The van der Waals surface area contributed by atoms with Crippen LogP contribution in [0.5, 0.6) is 11.5 Å². The van der Waals surface area contributed by atoms with Crippen molar-refractivity contribution < 1.29 is 28.7 Å². The van der Waals surface area contributed by atoms with Gasteiger partial charge in [-0.25, -0.2) is 0 Å². The molecule has 0 unspecified atom stereocenters. The highest BCUT2D eigenvalue weighted by Crippen LogP contribution is 2.35. The van der Waals surface area contributed by atoms with Crippen LogP contribution < -0.4 is 9.47 Å². The molecular weight excluding hydrogens is 482 g/mol. The van der Waals surface area contributed by atoms with E-state index < -0.39 is 11.1 Å². The Morgan fingerprint density at radius 2 is 1.69 bits per heavy atom. The third-order valence-electron chi connectivity index (χ3n) is 6.68. The largest absolute Gasteiger partial charge is 0.490 e. The van der Waals surface area contributed by atoms with Crippen LogP contribution in [0.1, 0.15) is 45.1 Å². The molecule has 36 heavy (non-hydrogen) atoms. The molecule has 4 amide bonds. The molecule has 194 valence electrons. The van der Waals surface area contributed by atoms with Gasteiger partial charge in [-0.1, -0.05) is 13.0 Å². The molecular formula is C26H33N3O6S. The maximum absolute atomic E-state index is 12.9. The van der Waals surface area contributed by atoms with E-state index in [9.17, 15) is 19.2 Å². The van der Waals surface area contributed by atoms with Crippen LogP contribution in [0, 0.1) is 5.92 Å². The van der Waals surface area contributed by atoms with Crippen LogP contribution in [-0.2, 0) is 14.4 Å². The van der Waals surface area contributed by atoms with Crippen LogP contribution in [0.3, 0.4) is 0 Å². The number of hydrogen-bond acceptors (Lipinski definition) is 7. The van der Waals surface area contributed by atoms with Crippen LogP contribution in [0.15, 0.2) is 23.1 Å². The summed E-state index contributed by atoms with van der Waals surface area (Å²) in [4.78, 5) is 55.2. The molecule has 0 aromatic heterocycles. The minimum absolute atomic E-state index is 0.0543. The Labute approximate surface area is 215 Å². The molecule has 0 atom stereocenters. The van der Waals surface area contributed by atoms with Gasteiger partial charge in [0, 0.05) is 26.2 Å². The summed E-state index contributed by atoms with van der Waals surface area (Å²) < 4.78 is 11.4. The van der Waals surface area contributed by atoms with Crippen LogP contribution >= 0.6 is 11.8 Å². The molecule has 1 aromatic carbocycles. The summed E-state index contributed by atoms with van der Waals surface area (Å²) >= 11 is 0.823. The smallest absolute Gasteiger partial charge is 0.294 e. The first-order chi connectivity index (χ1) is 17.4. The highest BCUT2D eigenvalue weighted by Gasteiger charge is 2.37. The van der Waals surface area contributed by atoms with Gasteiger partial charge in [-0.2, -0.15) is 0 Å². The van der Waals surface area contributed by atoms with Gasteiger partial charge >= 0.3 is 0 Å². The number of likely N-dealkylation sites (tertiary alicyclic amines) is 2. The van der Waals surface area contributed by atoms with Crippen molar-refractivity contribution in [3.63, 3.8) is 0 Å². The summed E-state index contributed by atoms with van der Waals surface area (Å²) in [5.41, 5.74) is 0.651. The first-order valence-corrected chi connectivity index (χ1v) is 13.4. The number of carbonyl (C=O) groups excluding carboxylic acids is 4. The molecule has 0 N–H and O–H groups in total. The average molecular weight is 516 g/mol. The third kappa shape index (κ3) is 6.21. The van der Waals surface area contributed by atoms with Gasteiger partial charge in [0.15, 0.2) is 18.1 Å². The molecule has 9 nitrogen and oxygen atoms in total. The van der Waals surface area contributed by atoms with Gasteiger partial charge in [0.1, 0.15) is 6.54 Å². The fraction of sp³-hybridized carbons (Fsp3) is 0.538. The van der Waals surface area contributed by atoms with E-state index in [1.54, 1.807) is 34.1 Å². The maximum Gasteiger partial charge on any atom is 0.294 e. The number of carbonyl (C=O) groups is 4. The van der Waals surface area contributed by atoms with Gasteiger partial charge in [0.2, 0.25) is 5.91 Å². The fourth-order valence-corrected chi connectivity index (χ4v) is 5.32. The number of rotatable bonds is 8. The summed E-state index contributed by atoms with van der Waals surface area (Å²) in [6, 6.07) is 5.15. The van der Waals surface area contributed by atoms with E-state index in [4.69, 9.17) is 9.47 Å². The van der Waals surface area contributed by atoms with E-state index in [0.29, 0.717) is 42.7 Å². The molecule has 3 aliphatic rings. The maximum atomic E-state index is 12.9. The average Bonchev–Trinajstić information content (AvgIpc) is 3.49. The van der Waals surface area contributed by atoms with E-state index in [1.165, 1.54) is 0 Å². The lowest BCUT2D eigenvalue weighted by Gasteiger charge is -2.31.